The summed E-state index contributed by atoms with van der Waals surface area (Å²) in [5.74, 6) is -0.890. The molecule has 0 radical (unpaired) electrons. The Morgan fingerprint density at radius 1 is 1.15 bits per heavy atom. The number of aromatic nitrogens is 2. The van der Waals surface area contributed by atoms with Crippen molar-refractivity contribution in [2.45, 2.75) is 11.6 Å². The zero-order valence-corrected chi connectivity index (χ0v) is 14.8. The highest BCUT2D eigenvalue weighted by Crippen LogP contribution is 2.23. The summed E-state index contributed by atoms with van der Waals surface area (Å²) in [6.45, 7) is 0. The summed E-state index contributed by atoms with van der Waals surface area (Å²) in [7, 11) is 0. The third kappa shape index (κ3) is 4.14. The van der Waals surface area contributed by atoms with Crippen LogP contribution in [0.2, 0.25) is 0 Å². The van der Waals surface area contributed by atoms with Crippen LogP contribution in [0.5, 0.6) is 0 Å². The molecule has 1 heterocycles. The fourth-order valence-corrected chi connectivity index (χ4v) is 3.43. The van der Waals surface area contributed by atoms with Gasteiger partial charge in [-0.05, 0) is 24.3 Å². The molecule has 0 saturated heterocycles. The van der Waals surface area contributed by atoms with E-state index < -0.39 is 23.3 Å². The van der Waals surface area contributed by atoms with Crippen molar-refractivity contribution in [3.63, 3.8) is 0 Å². The predicted molar refractivity (Wildman–Crippen MR) is 100 cm³/mol. The van der Waals surface area contributed by atoms with E-state index in [1.54, 1.807) is 30.3 Å². The van der Waals surface area contributed by atoms with Crippen LogP contribution >= 0.6 is 11.8 Å². The zero-order chi connectivity index (χ0) is 19.4. The number of fused-ring (bicyclic) bond motifs is 1. The molecule has 0 aliphatic heterocycles. The van der Waals surface area contributed by atoms with Crippen molar-refractivity contribution >= 4 is 34.6 Å². The molecule has 2 aromatic carbocycles. The van der Waals surface area contributed by atoms with Gasteiger partial charge in [-0.25, -0.2) is 14.2 Å². The smallest absolute Gasteiger partial charge is 0.318 e. The van der Waals surface area contributed by atoms with Gasteiger partial charge in [0.1, 0.15) is 5.82 Å². The number of carbonyl (C=O) groups is 2. The van der Waals surface area contributed by atoms with Crippen molar-refractivity contribution in [3.8, 4) is 5.69 Å². The van der Waals surface area contributed by atoms with Crippen LogP contribution in [0.1, 0.15) is 6.42 Å². The van der Waals surface area contributed by atoms with E-state index in [1.165, 1.54) is 22.8 Å². The van der Waals surface area contributed by atoms with Gasteiger partial charge < -0.3 is 5.73 Å². The van der Waals surface area contributed by atoms with Gasteiger partial charge in [-0.1, -0.05) is 36.0 Å². The molecule has 3 aromatic rings. The molecule has 9 heteroatoms. The Bertz CT molecular complexity index is 1080. The highest BCUT2D eigenvalue weighted by Gasteiger charge is 2.16. The number of imide groups is 1. The molecule has 0 bridgehead atoms. The van der Waals surface area contributed by atoms with Gasteiger partial charge in [-0.3, -0.25) is 19.5 Å². The first kappa shape index (κ1) is 18.6. The van der Waals surface area contributed by atoms with E-state index in [9.17, 15) is 18.8 Å². The fourth-order valence-electron chi connectivity index (χ4n) is 2.49. The molecule has 0 aliphatic carbocycles. The standard InChI is InChI=1S/C18H15FN4O3S/c19-12-6-2-4-8-14(12)23-16(25)11-5-1-3-7-13(11)21-18(23)27-10-9-15(24)22-17(20)26/h1-8H,9-10H2,(H3,20,22,24,26). The normalized spacial score (nSPS) is 10.7. The Balaban J connectivity index is 2.01. The van der Waals surface area contributed by atoms with Gasteiger partial charge in [-0.15, -0.1) is 0 Å². The number of carbonyl (C=O) groups excluding carboxylic acids is 2. The number of halogens is 1. The first-order chi connectivity index (χ1) is 13.0. The molecule has 0 saturated carbocycles. The highest BCUT2D eigenvalue weighted by atomic mass is 32.2. The highest BCUT2D eigenvalue weighted by molar-refractivity contribution is 7.99. The lowest BCUT2D eigenvalue weighted by atomic mass is 10.2. The second kappa shape index (κ2) is 8.00. The van der Waals surface area contributed by atoms with Crippen molar-refractivity contribution in [2.24, 2.45) is 5.73 Å². The van der Waals surface area contributed by atoms with Crippen LogP contribution in [0.3, 0.4) is 0 Å². The number of hydrogen-bond donors (Lipinski definition) is 2. The summed E-state index contributed by atoms with van der Waals surface area (Å²) in [4.78, 5) is 39.6. The molecular weight excluding hydrogens is 371 g/mol. The van der Waals surface area contributed by atoms with Crippen LogP contribution < -0.4 is 16.6 Å². The van der Waals surface area contributed by atoms with Gasteiger partial charge in [-0.2, -0.15) is 0 Å². The topological polar surface area (TPSA) is 107 Å². The van der Waals surface area contributed by atoms with Crippen molar-refractivity contribution in [1.29, 1.82) is 0 Å². The summed E-state index contributed by atoms with van der Waals surface area (Å²) in [6.07, 6.45) is -0.0203. The molecule has 3 rings (SSSR count). The molecule has 3 N–H and O–H groups in total. The summed E-state index contributed by atoms with van der Waals surface area (Å²) >= 11 is 1.11. The van der Waals surface area contributed by atoms with E-state index in [0.717, 1.165) is 11.8 Å². The number of hydrogen-bond acceptors (Lipinski definition) is 5. The number of thioether (sulfide) groups is 1. The fraction of sp³-hybridized carbons (Fsp3) is 0.111. The van der Waals surface area contributed by atoms with E-state index in [-0.39, 0.29) is 23.0 Å². The zero-order valence-electron chi connectivity index (χ0n) is 14.0. The second-order valence-corrected chi connectivity index (χ2v) is 6.58. The quantitative estimate of drug-likeness (QED) is 0.516. The lowest BCUT2D eigenvalue weighted by Gasteiger charge is -2.13. The molecular formula is C18H15FN4O3S. The van der Waals surface area contributed by atoms with Crippen LogP contribution in [0.15, 0.2) is 58.5 Å². The van der Waals surface area contributed by atoms with E-state index in [0.29, 0.717) is 10.9 Å². The average Bonchev–Trinajstić information content (AvgIpc) is 2.62. The minimum Gasteiger partial charge on any atom is -0.351 e. The molecule has 27 heavy (non-hydrogen) atoms. The number of benzene rings is 2. The Labute approximate surface area is 157 Å². The van der Waals surface area contributed by atoms with Crippen LogP contribution in [0.4, 0.5) is 9.18 Å². The first-order valence-electron chi connectivity index (χ1n) is 7.96. The number of urea groups is 1. The number of primary amides is 1. The Kier molecular flexibility index (Phi) is 5.51. The summed E-state index contributed by atoms with van der Waals surface area (Å²) in [5, 5.41) is 2.57. The van der Waals surface area contributed by atoms with Gasteiger partial charge in [0.2, 0.25) is 5.91 Å². The van der Waals surface area contributed by atoms with Gasteiger partial charge in [0, 0.05) is 12.2 Å². The van der Waals surface area contributed by atoms with Crippen LogP contribution in [-0.4, -0.2) is 27.2 Å². The Morgan fingerprint density at radius 2 is 1.85 bits per heavy atom. The van der Waals surface area contributed by atoms with E-state index in [1.807, 2.05) is 5.32 Å². The summed E-state index contributed by atoms with van der Waals surface area (Å²) < 4.78 is 15.5. The van der Waals surface area contributed by atoms with E-state index in [4.69, 9.17) is 5.73 Å². The van der Waals surface area contributed by atoms with Crippen LogP contribution in [-0.2, 0) is 4.79 Å². The third-order valence-electron chi connectivity index (χ3n) is 3.66. The lowest BCUT2D eigenvalue weighted by molar-refractivity contribution is -0.119. The molecule has 3 amide bonds. The predicted octanol–water partition coefficient (Wildman–Crippen LogP) is 2.20. The molecule has 0 spiro atoms. The van der Waals surface area contributed by atoms with Gasteiger partial charge >= 0.3 is 6.03 Å². The summed E-state index contributed by atoms with van der Waals surface area (Å²) in [5.41, 5.74) is 5.04. The van der Waals surface area contributed by atoms with Gasteiger partial charge in [0.25, 0.3) is 5.56 Å². The number of para-hydroxylation sites is 2. The maximum absolute atomic E-state index is 14.3. The molecule has 0 aliphatic rings. The minimum atomic E-state index is -0.933. The maximum Gasteiger partial charge on any atom is 0.318 e. The second-order valence-electron chi connectivity index (χ2n) is 5.51. The largest absolute Gasteiger partial charge is 0.351 e. The monoisotopic (exact) mass is 386 g/mol. The van der Waals surface area contributed by atoms with Crippen LogP contribution in [0.25, 0.3) is 16.6 Å². The average molecular weight is 386 g/mol. The Morgan fingerprint density at radius 3 is 2.59 bits per heavy atom. The van der Waals surface area contributed by atoms with Crippen molar-refractivity contribution in [1.82, 2.24) is 14.9 Å². The number of nitrogens with two attached hydrogens (primary N) is 1. The lowest BCUT2D eigenvalue weighted by Crippen LogP contribution is -2.35. The number of nitrogens with zero attached hydrogens (tertiary/aromatic N) is 2. The SMILES string of the molecule is NC(=O)NC(=O)CCSc1nc2ccccc2c(=O)n1-c1ccccc1F. The molecule has 0 unspecified atom stereocenters. The van der Waals surface area contributed by atoms with E-state index >= 15 is 0 Å². The first-order valence-corrected chi connectivity index (χ1v) is 8.94. The van der Waals surface area contributed by atoms with Crippen molar-refractivity contribution < 1.29 is 14.0 Å². The van der Waals surface area contributed by atoms with Crippen molar-refractivity contribution in [2.75, 3.05) is 5.75 Å². The molecule has 1 aromatic heterocycles. The molecule has 7 nitrogen and oxygen atoms in total. The van der Waals surface area contributed by atoms with Gasteiger partial charge in [0.15, 0.2) is 5.16 Å². The van der Waals surface area contributed by atoms with Crippen LogP contribution in [0, 0.1) is 5.82 Å². The van der Waals surface area contributed by atoms with Crippen molar-refractivity contribution in [3.05, 3.63) is 64.7 Å². The minimum absolute atomic E-state index is 0.0203. The summed E-state index contributed by atoms with van der Waals surface area (Å²) in [6, 6.07) is 11.7. The molecule has 0 fully saturated rings. The molecule has 0 atom stereocenters. The third-order valence-corrected chi connectivity index (χ3v) is 4.60. The van der Waals surface area contributed by atoms with E-state index in [2.05, 4.69) is 4.98 Å². The maximum atomic E-state index is 14.3. The number of nitrogens with one attached hydrogen (secondary N) is 1. The number of amides is 3. The Hall–Kier alpha value is -3.20. The number of rotatable bonds is 5. The molecule has 138 valence electrons. The van der Waals surface area contributed by atoms with Gasteiger partial charge in [0.05, 0.1) is 16.6 Å².